The van der Waals surface area contributed by atoms with Crippen molar-refractivity contribution in [1.29, 1.82) is 0 Å². The Labute approximate surface area is 249 Å². The van der Waals surface area contributed by atoms with Gasteiger partial charge in [0.1, 0.15) is 6.04 Å². The molecule has 1 unspecified atom stereocenters. The minimum absolute atomic E-state index is 0.0732. The quantitative estimate of drug-likeness (QED) is 0.259. The summed E-state index contributed by atoms with van der Waals surface area (Å²) >= 11 is 6.24. The molecule has 0 aliphatic carbocycles. The van der Waals surface area contributed by atoms with Crippen LogP contribution in [0.3, 0.4) is 0 Å². The molecule has 0 heterocycles. The number of nitrogens with one attached hydrogen (secondary N) is 1. The van der Waals surface area contributed by atoms with Gasteiger partial charge in [-0.1, -0.05) is 67.1 Å². The van der Waals surface area contributed by atoms with Gasteiger partial charge in [0.05, 0.1) is 11.9 Å². The summed E-state index contributed by atoms with van der Waals surface area (Å²) in [5, 5.41) is 3.51. The van der Waals surface area contributed by atoms with E-state index in [1.54, 1.807) is 23.1 Å². The van der Waals surface area contributed by atoms with Gasteiger partial charge in [-0.3, -0.25) is 13.9 Å². The third-order valence-electron chi connectivity index (χ3n) is 6.99. The molecule has 1 N–H and O–H groups in total. The highest BCUT2D eigenvalue weighted by atomic mass is 35.5. The molecule has 9 heteroatoms. The highest BCUT2D eigenvalue weighted by Crippen LogP contribution is 2.23. The molecule has 0 aliphatic heterocycles. The van der Waals surface area contributed by atoms with Crippen molar-refractivity contribution < 1.29 is 18.0 Å². The number of hydrogen-bond donors (Lipinski definition) is 1. The first-order valence-electron chi connectivity index (χ1n) is 13.9. The summed E-state index contributed by atoms with van der Waals surface area (Å²) in [5.41, 5.74) is 4.37. The summed E-state index contributed by atoms with van der Waals surface area (Å²) in [7, 11) is -3.57. The highest BCUT2D eigenvalue weighted by Gasteiger charge is 2.30. The Balaban J connectivity index is 1.88. The van der Waals surface area contributed by atoms with Gasteiger partial charge >= 0.3 is 0 Å². The van der Waals surface area contributed by atoms with Crippen molar-refractivity contribution in [3.05, 3.63) is 100 Å². The number of amides is 2. The maximum Gasteiger partial charge on any atom is 0.243 e. The van der Waals surface area contributed by atoms with Gasteiger partial charge in [-0.25, -0.2) is 8.42 Å². The van der Waals surface area contributed by atoms with Gasteiger partial charge in [-0.05, 0) is 73.2 Å². The summed E-state index contributed by atoms with van der Waals surface area (Å²) in [4.78, 5) is 28.9. The van der Waals surface area contributed by atoms with Gasteiger partial charge in [0, 0.05) is 37.5 Å². The first-order chi connectivity index (χ1) is 19.5. The second-order valence-electron chi connectivity index (χ2n) is 10.4. The fourth-order valence-electron chi connectivity index (χ4n) is 4.64. The lowest BCUT2D eigenvalue weighted by Crippen LogP contribution is -2.50. The van der Waals surface area contributed by atoms with E-state index in [0.717, 1.165) is 28.7 Å². The fourth-order valence-corrected chi connectivity index (χ4v) is 5.81. The third-order valence-corrected chi connectivity index (χ3v) is 8.42. The molecule has 0 aromatic heterocycles. The Kier molecular flexibility index (Phi) is 11.8. The lowest BCUT2D eigenvalue weighted by atomic mass is 10.0. The summed E-state index contributed by atoms with van der Waals surface area (Å²) in [6.45, 7) is 6.73. The standard InChI is InChI=1S/C32H40ClN3O4S/c1-5-18-34-32(38)30(22-26-11-7-6-8-12-26)35(23-27-13-9-14-28(33)21-27)31(37)15-10-19-36(41(4,39)40)29-17-16-24(2)25(3)20-29/h6-9,11-14,16-17,20-21,30H,5,10,15,18-19,22-23H2,1-4H3,(H,34,38). The molecule has 0 radical (unpaired) electrons. The summed E-state index contributed by atoms with van der Waals surface area (Å²) in [5.74, 6) is -0.454. The number of benzene rings is 3. The maximum atomic E-state index is 13.9. The highest BCUT2D eigenvalue weighted by molar-refractivity contribution is 7.92. The van der Waals surface area contributed by atoms with E-state index in [4.69, 9.17) is 11.6 Å². The van der Waals surface area contributed by atoms with E-state index in [9.17, 15) is 18.0 Å². The van der Waals surface area contributed by atoms with E-state index in [-0.39, 0.29) is 31.3 Å². The first-order valence-corrected chi connectivity index (χ1v) is 16.1. The van der Waals surface area contributed by atoms with Crippen LogP contribution < -0.4 is 9.62 Å². The summed E-state index contributed by atoms with van der Waals surface area (Å²) < 4.78 is 26.7. The Morgan fingerprint density at radius 2 is 1.63 bits per heavy atom. The lowest BCUT2D eigenvalue weighted by Gasteiger charge is -2.32. The van der Waals surface area contributed by atoms with Gasteiger partial charge < -0.3 is 10.2 Å². The third kappa shape index (κ3) is 9.61. The molecule has 7 nitrogen and oxygen atoms in total. The average Bonchev–Trinajstić information content (AvgIpc) is 2.93. The van der Waals surface area contributed by atoms with Crippen molar-refractivity contribution in [1.82, 2.24) is 10.2 Å². The normalized spacial score (nSPS) is 12.0. The predicted molar refractivity (Wildman–Crippen MR) is 167 cm³/mol. The molecule has 0 saturated heterocycles. The maximum absolute atomic E-state index is 13.9. The zero-order chi connectivity index (χ0) is 30.0. The van der Waals surface area contributed by atoms with Gasteiger partial charge in [0.25, 0.3) is 0 Å². The average molecular weight is 598 g/mol. The number of rotatable bonds is 14. The van der Waals surface area contributed by atoms with Crippen molar-refractivity contribution in [3.8, 4) is 0 Å². The van der Waals surface area contributed by atoms with Crippen molar-refractivity contribution in [2.75, 3.05) is 23.7 Å². The van der Waals surface area contributed by atoms with E-state index in [0.29, 0.717) is 30.1 Å². The largest absolute Gasteiger partial charge is 0.354 e. The Hall–Kier alpha value is -3.36. The van der Waals surface area contributed by atoms with Gasteiger partial charge in [0.2, 0.25) is 21.8 Å². The zero-order valence-corrected chi connectivity index (χ0v) is 25.8. The SMILES string of the molecule is CCCNC(=O)C(Cc1ccccc1)N(Cc1cccc(Cl)c1)C(=O)CCCN(c1ccc(C)c(C)c1)S(C)(=O)=O. The molecule has 0 aliphatic rings. The van der Waals surface area contributed by atoms with Crippen LogP contribution >= 0.6 is 11.6 Å². The molecule has 3 aromatic rings. The van der Waals surface area contributed by atoms with E-state index < -0.39 is 16.1 Å². The number of nitrogens with zero attached hydrogens (tertiary/aromatic N) is 2. The summed E-state index contributed by atoms with van der Waals surface area (Å²) in [6, 6.07) is 21.6. The molecular formula is C32H40ClN3O4S. The Bertz CT molecular complexity index is 1430. The molecule has 0 bridgehead atoms. The molecule has 0 fully saturated rings. The van der Waals surface area contributed by atoms with Crippen molar-refractivity contribution >= 4 is 39.1 Å². The zero-order valence-electron chi connectivity index (χ0n) is 24.3. The molecular weight excluding hydrogens is 558 g/mol. The molecule has 3 rings (SSSR count). The van der Waals surface area contributed by atoms with Gasteiger partial charge in [-0.15, -0.1) is 0 Å². The van der Waals surface area contributed by atoms with Crippen LogP contribution in [0.25, 0.3) is 0 Å². The molecule has 2 amide bonds. The van der Waals surface area contributed by atoms with Gasteiger partial charge in [-0.2, -0.15) is 0 Å². The number of halogens is 1. The van der Waals surface area contributed by atoms with Crippen LogP contribution in [0.1, 0.15) is 48.4 Å². The van der Waals surface area contributed by atoms with Crippen molar-refractivity contribution in [2.45, 2.75) is 59.0 Å². The predicted octanol–water partition coefficient (Wildman–Crippen LogP) is 5.67. The number of carbonyl (C=O) groups excluding carboxylic acids is 2. The number of sulfonamides is 1. The van der Waals surface area contributed by atoms with Crippen molar-refractivity contribution in [3.63, 3.8) is 0 Å². The van der Waals surface area contributed by atoms with Crippen LogP contribution in [0.4, 0.5) is 5.69 Å². The van der Waals surface area contributed by atoms with Crippen molar-refractivity contribution in [2.24, 2.45) is 0 Å². The van der Waals surface area contributed by atoms with Crippen LogP contribution in [-0.2, 0) is 32.6 Å². The topological polar surface area (TPSA) is 86.8 Å². The Morgan fingerprint density at radius 1 is 0.927 bits per heavy atom. The van der Waals surface area contributed by atoms with Crippen LogP contribution in [0.2, 0.25) is 5.02 Å². The van der Waals surface area contributed by atoms with Crippen LogP contribution in [0.5, 0.6) is 0 Å². The lowest BCUT2D eigenvalue weighted by molar-refractivity contribution is -0.141. The molecule has 41 heavy (non-hydrogen) atoms. The van der Waals surface area contributed by atoms with E-state index >= 15 is 0 Å². The number of hydrogen-bond acceptors (Lipinski definition) is 4. The van der Waals surface area contributed by atoms with E-state index in [1.165, 1.54) is 10.6 Å². The number of carbonyl (C=O) groups is 2. The summed E-state index contributed by atoms with van der Waals surface area (Å²) in [6.07, 6.45) is 2.65. The second-order valence-corrected chi connectivity index (χ2v) is 12.7. The minimum atomic E-state index is -3.57. The second kappa shape index (κ2) is 15.0. The number of aryl methyl sites for hydroxylation is 2. The molecule has 3 aromatic carbocycles. The molecule has 0 saturated carbocycles. The van der Waals surface area contributed by atoms with Gasteiger partial charge in [0.15, 0.2) is 0 Å². The number of anilines is 1. The molecule has 220 valence electrons. The fraction of sp³-hybridized carbons (Fsp3) is 0.375. The molecule has 0 spiro atoms. The Morgan fingerprint density at radius 3 is 2.27 bits per heavy atom. The van der Waals surface area contributed by atoms with Crippen LogP contribution in [0.15, 0.2) is 72.8 Å². The van der Waals surface area contributed by atoms with Crippen LogP contribution in [0, 0.1) is 13.8 Å². The molecule has 1 atom stereocenters. The first kappa shape index (κ1) is 32.2. The minimum Gasteiger partial charge on any atom is -0.354 e. The monoisotopic (exact) mass is 597 g/mol. The van der Waals surface area contributed by atoms with E-state index in [2.05, 4.69) is 5.32 Å². The van der Waals surface area contributed by atoms with Crippen LogP contribution in [-0.4, -0.2) is 50.5 Å². The smallest absolute Gasteiger partial charge is 0.243 e. The van der Waals surface area contributed by atoms with E-state index in [1.807, 2.05) is 75.4 Å².